The van der Waals surface area contributed by atoms with Gasteiger partial charge in [-0.25, -0.2) is 106 Å². The number of aliphatic imine (C=N–C) groups is 4. The van der Waals surface area contributed by atoms with Gasteiger partial charge in [-0.2, -0.15) is 0 Å². The highest BCUT2D eigenvalue weighted by Crippen LogP contribution is 2.36. The molecule has 6 atom stereocenters. The van der Waals surface area contributed by atoms with Crippen molar-refractivity contribution in [2.24, 2.45) is 20.0 Å². The van der Waals surface area contributed by atoms with Crippen molar-refractivity contribution in [2.45, 2.75) is 294 Å². The summed E-state index contributed by atoms with van der Waals surface area (Å²) in [5.41, 5.74) is 0. The molecule has 6 unspecified atom stereocenters. The lowest BCUT2D eigenvalue weighted by Crippen LogP contribution is -3.19. The fraction of sp³-hybridized carbons (Fsp3) is 0.805. The van der Waals surface area contributed by atoms with Crippen LogP contribution >= 0.6 is 0 Å². The molecule has 1 spiro atoms. The predicted octanol–water partition coefficient (Wildman–Crippen LogP) is 8.80. The van der Waals surface area contributed by atoms with Gasteiger partial charge in [-0.05, 0) is 122 Å². The summed E-state index contributed by atoms with van der Waals surface area (Å²) in [7, 11) is -1.93. The zero-order valence-electron chi connectivity index (χ0n) is 71.4. The van der Waals surface area contributed by atoms with Crippen LogP contribution < -0.4 is 42.1 Å². The average Bonchev–Trinajstić information content (AvgIpc) is 1.46. The molecule has 0 aromatic rings. The molecule has 4 aliphatic rings. The van der Waals surface area contributed by atoms with Gasteiger partial charge in [0.05, 0.1) is 26.2 Å². The molecule has 0 bridgehead atoms. The molecule has 0 aliphatic carbocycles. The second-order valence-corrected chi connectivity index (χ2v) is 44.5. The monoisotopic (exact) mass is 1710 g/mol. The van der Waals surface area contributed by atoms with Crippen LogP contribution in [0.4, 0.5) is 52.7 Å². The maximum Gasteiger partial charge on any atom is 0.438 e. The third-order valence-electron chi connectivity index (χ3n) is 21.7. The van der Waals surface area contributed by atoms with Gasteiger partial charge in [-0.3, -0.25) is 0 Å². The lowest BCUT2D eigenvalue weighted by Gasteiger charge is -2.43. The molecule has 0 aromatic heterocycles. The number of hydrogen-bond acceptors (Lipinski definition) is 19. The van der Waals surface area contributed by atoms with Crippen LogP contribution in [0.25, 0.3) is 0 Å². The quantitative estimate of drug-likeness (QED) is 0.00927. The number of carbonyl (C=O) groups is 11. The predicted molar refractivity (Wildman–Crippen MR) is 462 cm³/mol. The van der Waals surface area contributed by atoms with Crippen molar-refractivity contribution >= 4 is 137 Å². The Kier molecular flexibility index (Phi) is 53.9. The summed E-state index contributed by atoms with van der Waals surface area (Å²) >= 11 is 0. The first-order valence-corrected chi connectivity index (χ1v) is 57.3. The fourth-order valence-corrected chi connectivity index (χ4v) is 19.2. The van der Waals surface area contributed by atoms with Crippen molar-refractivity contribution < 1.29 is 85.8 Å². The van der Waals surface area contributed by atoms with Gasteiger partial charge in [0.1, 0.15) is 0 Å². The number of likely N-dealkylation sites (tertiary alicyclic amines) is 2. The van der Waals surface area contributed by atoms with Gasteiger partial charge in [0, 0.05) is 150 Å². The van der Waals surface area contributed by atoms with Gasteiger partial charge in [0.2, 0.25) is 42.8 Å². The van der Waals surface area contributed by atoms with Crippen LogP contribution in [0.5, 0.6) is 0 Å². The summed E-state index contributed by atoms with van der Waals surface area (Å²) in [6, 6.07) is 0.0506. The number of amides is 22. The van der Waals surface area contributed by atoms with Gasteiger partial charge < -0.3 is 37.2 Å². The van der Waals surface area contributed by atoms with Crippen LogP contribution in [0.3, 0.4) is 0 Å². The number of urea groups is 11. The highest BCUT2D eigenvalue weighted by Gasteiger charge is 2.64. The fourth-order valence-electron chi connectivity index (χ4n) is 15.0. The molecule has 39 heteroatoms. The maximum atomic E-state index is 13.9. The molecule has 34 nitrogen and oxygen atoms in total. The SMILES string of the molecule is C[SiH2]CCCNC(=O)N(CCCCCCN=C=O)C(=O)NCCCCCCN(C(=O)NCCCCCCN1C(=O)N(CCC[Si](C)(C)C)C(=O)[N+]2(CCCC2N=C=O)C1=O)C(=O)NCCC[SiH2]C.C[SiH2]CCCNC(=O)N(CCCCCCNC(=O)[N+]1(C(=O)NCCC[SiH2]C)CCCCCC1N=C=O)C(=O)[NH+]1CCCCCC1N=C=O. The highest BCUT2D eigenvalue weighted by atomic mass is 28.3. The molecule has 0 aromatic carbocycles. The van der Waals surface area contributed by atoms with Crippen LogP contribution in [0.1, 0.15) is 199 Å². The number of carbonyl (C=O) groups excluding carboxylic acids is 15. The number of hydrogen-bond donors (Lipinski definition) is 8. The number of rotatable bonds is 51. The van der Waals surface area contributed by atoms with Crippen LogP contribution in [0, 0.1) is 0 Å². The summed E-state index contributed by atoms with van der Waals surface area (Å²) in [6.07, 6.45) is 25.9. The normalized spacial score (nSPS) is 19.6. The van der Waals surface area contributed by atoms with E-state index in [-0.39, 0.29) is 89.9 Å². The van der Waals surface area contributed by atoms with E-state index >= 15 is 0 Å². The van der Waals surface area contributed by atoms with Crippen molar-refractivity contribution in [3.05, 3.63) is 0 Å². The Morgan fingerprint density at radius 3 is 1.30 bits per heavy atom. The van der Waals surface area contributed by atoms with Gasteiger partial charge in [0.25, 0.3) is 0 Å². The minimum atomic E-state index is -1.46. The third-order valence-corrected chi connectivity index (χ3v) is 28.4. The first-order valence-electron chi connectivity index (χ1n) is 43.9. The van der Waals surface area contributed by atoms with Gasteiger partial charge in [-0.15, -0.1) is 23.9 Å². The second-order valence-electron chi connectivity index (χ2n) is 32.1. The molecule has 8 N–H and O–H groups in total. The average molecular weight is 1720 g/mol. The number of imide groups is 7. The number of unbranched alkanes of at least 4 members (excludes halogenated alkanes) is 12. The molecular weight excluding hydrogens is 1570 g/mol. The first-order chi connectivity index (χ1) is 56.1. The van der Waals surface area contributed by atoms with E-state index in [0.717, 1.165) is 131 Å². The first kappa shape index (κ1) is 103. The Morgan fingerprint density at radius 2 is 0.828 bits per heavy atom. The second kappa shape index (κ2) is 60.9. The van der Waals surface area contributed by atoms with Gasteiger partial charge >= 0.3 is 66.3 Å². The Balaban J connectivity index is 0.000000637. The van der Waals surface area contributed by atoms with Crippen molar-refractivity contribution in [2.75, 3.05) is 105 Å². The van der Waals surface area contributed by atoms with Crippen LogP contribution in [-0.2, 0) is 19.2 Å². The Labute approximate surface area is 698 Å². The lowest BCUT2D eigenvalue weighted by atomic mass is 10.2. The van der Waals surface area contributed by atoms with E-state index in [1.807, 2.05) is 0 Å². The van der Waals surface area contributed by atoms with E-state index in [0.29, 0.717) is 167 Å². The van der Waals surface area contributed by atoms with Gasteiger partial charge in [-0.1, -0.05) is 127 Å². The number of nitrogens with zero attached hydrogens (tertiary/aromatic N) is 11. The van der Waals surface area contributed by atoms with Crippen molar-refractivity contribution in [1.29, 1.82) is 0 Å². The molecule has 4 aliphatic heterocycles. The zero-order valence-corrected chi connectivity index (χ0v) is 78.0. The minimum Gasteiger partial charge on any atom is -0.338 e. The summed E-state index contributed by atoms with van der Waals surface area (Å²) in [5, 5.41) is 20.3. The Bertz CT molecular complexity index is 3240. The maximum absolute atomic E-state index is 13.9. The minimum absolute atomic E-state index is 0.102. The topological polar surface area (TPSA) is 410 Å². The van der Waals surface area contributed by atoms with E-state index in [1.54, 1.807) is 12.2 Å². The van der Waals surface area contributed by atoms with E-state index in [2.05, 4.69) is 103 Å². The molecule has 0 radical (unpaired) electrons. The summed E-state index contributed by atoms with van der Waals surface area (Å²) in [5.74, 6) is 0. The van der Waals surface area contributed by atoms with E-state index in [1.165, 1.54) is 31.8 Å². The number of nitrogens with one attached hydrogen (secondary N) is 8. The van der Waals surface area contributed by atoms with Crippen LogP contribution in [0.15, 0.2) is 20.0 Å². The smallest absolute Gasteiger partial charge is 0.338 e. The summed E-state index contributed by atoms with van der Waals surface area (Å²) in [4.78, 5) is 214. The Hall–Kier alpha value is -7.55. The largest absolute Gasteiger partial charge is 0.438 e. The lowest BCUT2D eigenvalue weighted by molar-refractivity contribution is -0.845. The highest BCUT2D eigenvalue weighted by molar-refractivity contribution is 6.76. The molecule has 4 heterocycles. The molecule has 4 rings (SSSR count). The molecule has 4 fully saturated rings. The molecule has 0 saturated carbocycles. The number of isocyanates is 4. The van der Waals surface area contributed by atoms with E-state index in [4.69, 9.17) is 0 Å². The van der Waals surface area contributed by atoms with Crippen LogP contribution in [-0.4, -0.2) is 293 Å². The van der Waals surface area contributed by atoms with Gasteiger partial charge in [0.15, 0.2) is 0 Å². The summed E-state index contributed by atoms with van der Waals surface area (Å²) in [6.45, 7) is 21.0. The Morgan fingerprint density at radius 1 is 0.431 bits per heavy atom. The molecule has 22 amide bonds. The third kappa shape index (κ3) is 36.8. The number of quaternary nitrogens is 3. The standard InChI is InChI=1S/C45H83N11O9Si3.C32H58N8O6Si2/c1-66-33-19-26-49-41(61)52(28-15-9-6-12-23-46-36-57)39(59)47-24-13-7-10-16-29-53(42(62)50-27-20-34-67-2)40(60)48-25-14-8-11-17-30-54-43(63)55(31-21-35-68(3,4)5)45(65)56(44(54)64)32-18-22-38(56)51-37-58;1-47-23-13-18-33-29(43)39(32(46)38-20-11-5-7-15-27(38)36-25-41)21-10-4-3-9-17-34-30(44)40(31(45)35-19-14-24-48-2)22-12-6-8-16-28(40)37-26-42/h38H,6-35,66-67H2,1-5H3,(H3-,47,48,49,50,59,60,61,62);27-28H,3-24,47-48H2,1-2H3,(H2-,33,34,35,43,44,45)/p+3. The zero-order chi connectivity index (χ0) is 85.3. The van der Waals surface area contributed by atoms with E-state index in [9.17, 15) is 71.9 Å². The van der Waals surface area contributed by atoms with Crippen molar-refractivity contribution in [3.8, 4) is 0 Å². The molecule has 116 heavy (non-hydrogen) atoms. The van der Waals surface area contributed by atoms with Crippen LogP contribution in [0.2, 0.25) is 76.0 Å². The van der Waals surface area contributed by atoms with E-state index < -0.39 is 95.8 Å². The molecular formula is C77H144N19O15Si5+3. The van der Waals surface area contributed by atoms with Crippen molar-refractivity contribution in [3.63, 3.8) is 0 Å². The molecule has 4 saturated heterocycles. The van der Waals surface area contributed by atoms with Crippen molar-refractivity contribution in [1.82, 2.24) is 61.7 Å². The molecule has 654 valence electrons. The summed E-state index contributed by atoms with van der Waals surface area (Å²) < 4.78 is -1.24.